The zero-order chi connectivity index (χ0) is 22.2. The lowest BCUT2D eigenvalue weighted by atomic mass is 9.49. The van der Waals surface area contributed by atoms with Crippen LogP contribution < -0.4 is 16.4 Å². The monoisotopic (exact) mass is 441 g/mol. The van der Waals surface area contributed by atoms with Gasteiger partial charge in [0.1, 0.15) is 0 Å². The van der Waals surface area contributed by atoms with Crippen molar-refractivity contribution in [3.63, 3.8) is 0 Å². The Balaban J connectivity index is 1.46. The first kappa shape index (κ1) is 23.0. The molecule has 0 aliphatic heterocycles. The number of thiocarbonyl (C=S) groups is 1. The van der Waals surface area contributed by atoms with E-state index in [4.69, 9.17) is 18.0 Å². The Morgan fingerprint density at radius 2 is 1.90 bits per heavy atom. The molecule has 3 aliphatic carbocycles. The molecule has 4 heteroatoms. The van der Waals surface area contributed by atoms with Crippen LogP contribution in [-0.2, 0) is 11.8 Å². The molecule has 2 fully saturated rings. The van der Waals surface area contributed by atoms with Gasteiger partial charge in [0.2, 0.25) is 0 Å². The summed E-state index contributed by atoms with van der Waals surface area (Å²) in [5.74, 6) is 1.29. The Morgan fingerprint density at radius 1 is 1.13 bits per heavy atom. The summed E-state index contributed by atoms with van der Waals surface area (Å²) in [6.07, 6.45) is 11.1. The Kier molecular flexibility index (Phi) is 6.70. The van der Waals surface area contributed by atoms with Crippen LogP contribution in [0.2, 0.25) is 0 Å². The Morgan fingerprint density at radius 3 is 2.65 bits per heavy atom. The van der Waals surface area contributed by atoms with Gasteiger partial charge in [0.05, 0.1) is 0 Å². The number of fused-ring (bicyclic) bond motifs is 3. The molecule has 31 heavy (non-hydrogen) atoms. The van der Waals surface area contributed by atoms with Gasteiger partial charge in [-0.1, -0.05) is 65.2 Å². The highest BCUT2D eigenvalue weighted by atomic mass is 32.1. The van der Waals surface area contributed by atoms with Gasteiger partial charge < -0.3 is 16.4 Å². The second-order valence-electron chi connectivity index (χ2n) is 11.5. The third-order valence-electron chi connectivity index (χ3n) is 8.96. The van der Waals surface area contributed by atoms with Gasteiger partial charge in [-0.05, 0) is 90.1 Å². The molecule has 0 unspecified atom stereocenters. The van der Waals surface area contributed by atoms with Crippen molar-refractivity contribution >= 4 is 17.3 Å². The highest BCUT2D eigenvalue weighted by Crippen LogP contribution is 2.57. The first-order chi connectivity index (χ1) is 14.7. The zero-order valence-corrected chi connectivity index (χ0v) is 20.9. The lowest BCUT2D eigenvalue weighted by Crippen LogP contribution is -2.56. The topological polar surface area (TPSA) is 50.1 Å². The van der Waals surface area contributed by atoms with Crippen molar-refractivity contribution in [2.75, 3.05) is 6.54 Å². The molecule has 1 aromatic carbocycles. The number of hydrogen-bond donors (Lipinski definition) is 3. The molecule has 1 aromatic rings. The first-order valence-electron chi connectivity index (χ1n) is 12.7. The van der Waals surface area contributed by atoms with E-state index in [2.05, 4.69) is 56.5 Å². The number of nitrogens with two attached hydrogens (primary N) is 1. The average Bonchev–Trinajstić information content (AvgIpc) is 2.73. The molecule has 0 spiro atoms. The SMILES string of the molecule is CC(C)c1ccc2c(c1)CC[C@H]1[C@](C)(CNC(=S)N[C@@H]3CCCC[C@H]3N)CCC[C@]21C. The van der Waals surface area contributed by atoms with Crippen LogP contribution in [-0.4, -0.2) is 23.7 Å². The van der Waals surface area contributed by atoms with Gasteiger partial charge in [0.25, 0.3) is 0 Å². The molecular weight excluding hydrogens is 398 g/mol. The van der Waals surface area contributed by atoms with E-state index in [9.17, 15) is 0 Å². The molecule has 0 bridgehead atoms. The minimum Gasteiger partial charge on any atom is -0.362 e. The summed E-state index contributed by atoms with van der Waals surface area (Å²) in [5, 5.41) is 7.96. The third-order valence-corrected chi connectivity index (χ3v) is 9.22. The second kappa shape index (κ2) is 9.02. The van der Waals surface area contributed by atoms with Crippen molar-refractivity contribution in [3.05, 3.63) is 34.9 Å². The van der Waals surface area contributed by atoms with E-state index in [1.807, 2.05) is 0 Å². The fraction of sp³-hybridized carbons (Fsp3) is 0.741. The van der Waals surface area contributed by atoms with E-state index in [1.165, 1.54) is 50.5 Å². The van der Waals surface area contributed by atoms with Gasteiger partial charge in [0.15, 0.2) is 5.11 Å². The fourth-order valence-corrected chi connectivity index (χ4v) is 7.28. The standard InChI is InChI=1S/C27H43N3S/c1-18(2)19-10-12-21-20(16-19)11-13-24-26(3,14-7-15-27(21,24)4)17-29-25(31)30-23-9-6-5-8-22(23)28/h10,12,16,18,22-24H,5-9,11,13-15,17,28H2,1-4H3,(H2,29,30,31)/t22-,23-,24+,26+,27-/m1/s1. The molecule has 4 N–H and O–H groups in total. The van der Waals surface area contributed by atoms with Gasteiger partial charge >= 0.3 is 0 Å². The molecule has 5 atom stereocenters. The predicted molar refractivity (Wildman–Crippen MR) is 136 cm³/mol. The minimum absolute atomic E-state index is 0.229. The Bertz CT molecular complexity index is 806. The number of hydrogen-bond acceptors (Lipinski definition) is 2. The maximum absolute atomic E-state index is 6.32. The van der Waals surface area contributed by atoms with E-state index < -0.39 is 0 Å². The van der Waals surface area contributed by atoms with Crippen LogP contribution in [0.4, 0.5) is 0 Å². The van der Waals surface area contributed by atoms with E-state index in [0.29, 0.717) is 17.9 Å². The molecule has 0 heterocycles. The maximum atomic E-state index is 6.32. The molecular formula is C27H43N3S. The molecule has 0 amide bonds. The number of benzene rings is 1. The summed E-state index contributed by atoms with van der Waals surface area (Å²) in [6.45, 7) is 10.6. The molecule has 2 saturated carbocycles. The quantitative estimate of drug-likeness (QED) is 0.536. The van der Waals surface area contributed by atoms with Crippen LogP contribution in [0.5, 0.6) is 0 Å². The number of nitrogens with one attached hydrogen (secondary N) is 2. The lowest BCUT2D eigenvalue weighted by Gasteiger charge is -2.55. The van der Waals surface area contributed by atoms with Gasteiger partial charge in [0, 0.05) is 18.6 Å². The summed E-state index contributed by atoms with van der Waals surface area (Å²) in [4.78, 5) is 0. The molecule has 3 aliphatic rings. The normalized spacial score (nSPS) is 35.2. The van der Waals surface area contributed by atoms with Crippen molar-refractivity contribution in [2.45, 2.75) is 109 Å². The largest absolute Gasteiger partial charge is 0.362 e. The molecule has 4 rings (SSSR count). The zero-order valence-electron chi connectivity index (χ0n) is 20.1. The molecule has 0 saturated heterocycles. The van der Waals surface area contributed by atoms with Crippen molar-refractivity contribution < 1.29 is 0 Å². The molecule has 172 valence electrons. The van der Waals surface area contributed by atoms with Gasteiger partial charge in [-0.25, -0.2) is 0 Å². The molecule has 0 aromatic heterocycles. The summed E-state index contributed by atoms with van der Waals surface area (Å²) < 4.78 is 0. The first-order valence-corrected chi connectivity index (χ1v) is 13.1. The Labute approximate surface area is 195 Å². The second-order valence-corrected chi connectivity index (χ2v) is 11.9. The predicted octanol–water partition coefficient (Wildman–Crippen LogP) is 5.55. The van der Waals surface area contributed by atoms with E-state index in [1.54, 1.807) is 11.1 Å². The van der Waals surface area contributed by atoms with E-state index >= 15 is 0 Å². The van der Waals surface area contributed by atoms with Crippen molar-refractivity contribution in [1.82, 2.24) is 10.6 Å². The van der Waals surface area contributed by atoms with E-state index in [-0.39, 0.29) is 16.9 Å². The smallest absolute Gasteiger partial charge is 0.166 e. The average molecular weight is 442 g/mol. The van der Waals surface area contributed by atoms with Crippen LogP contribution >= 0.6 is 12.2 Å². The van der Waals surface area contributed by atoms with Gasteiger partial charge in [-0.2, -0.15) is 0 Å². The Hall–Kier alpha value is -1.13. The van der Waals surface area contributed by atoms with Crippen LogP contribution in [0.15, 0.2) is 18.2 Å². The van der Waals surface area contributed by atoms with Crippen LogP contribution in [0.25, 0.3) is 0 Å². The lowest BCUT2D eigenvalue weighted by molar-refractivity contribution is 0.0292. The van der Waals surface area contributed by atoms with Crippen molar-refractivity contribution in [3.8, 4) is 0 Å². The third kappa shape index (κ3) is 4.53. The van der Waals surface area contributed by atoms with Crippen molar-refractivity contribution in [2.24, 2.45) is 17.1 Å². The van der Waals surface area contributed by atoms with Crippen molar-refractivity contribution in [1.29, 1.82) is 0 Å². The van der Waals surface area contributed by atoms with Gasteiger partial charge in [-0.15, -0.1) is 0 Å². The summed E-state index contributed by atoms with van der Waals surface area (Å²) >= 11 is 5.70. The molecule has 0 radical (unpaired) electrons. The highest BCUT2D eigenvalue weighted by Gasteiger charge is 2.51. The van der Waals surface area contributed by atoms with E-state index in [0.717, 1.165) is 24.5 Å². The van der Waals surface area contributed by atoms with Crippen LogP contribution in [0, 0.1) is 11.3 Å². The number of aryl methyl sites for hydroxylation is 1. The fourth-order valence-electron chi connectivity index (χ4n) is 7.05. The summed E-state index contributed by atoms with van der Waals surface area (Å²) in [5.41, 5.74) is 11.6. The minimum atomic E-state index is 0.229. The molecule has 3 nitrogen and oxygen atoms in total. The summed E-state index contributed by atoms with van der Waals surface area (Å²) in [7, 11) is 0. The number of rotatable bonds is 4. The van der Waals surface area contributed by atoms with Crippen LogP contribution in [0.1, 0.15) is 102 Å². The highest BCUT2D eigenvalue weighted by molar-refractivity contribution is 7.80. The van der Waals surface area contributed by atoms with Gasteiger partial charge in [-0.3, -0.25) is 0 Å². The van der Waals surface area contributed by atoms with Crippen LogP contribution in [0.3, 0.4) is 0 Å². The summed E-state index contributed by atoms with van der Waals surface area (Å²) in [6, 6.07) is 7.90. The maximum Gasteiger partial charge on any atom is 0.166 e.